The molecule has 2 aromatic carbocycles. The second-order valence-corrected chi connectivity index (χ2v) is 8.55. The lowest BCUT2D eigenvalue weighted by atomic mass is 10.0. The molecule has 0 radical (unpaired) electrons. The smallest absolute Gasteiger partial charge is 0.228 e. The van der Waals surface area contributed by atoms with E-state index in [0.29, 0.717) is 18.8 Å². The minimum atomic E-state index is 0.106. The lowest BCUT2D eigenvalue weighted by Gasteiger charge is -2.37. The SMILES string of the molecule is CCC(=O)N(c1cn(Cc2ccc(OC)cc2)nn1)C1CCN(CCc2ccccc2)CC1. The number of methoxy groups -OCH3 is 1. The molecule has 174 valence electrons. The summed E-state index contributed by atoms with van der Waals surface area (Å²) in [6, 6.07) is 18.7. The summed E-state index contributed by atoms with van der Waals surface area (Å²) in [7, 11) is 1.66. The van der Waals surface area contributed by atoms with Crippen LogP contribution >= 0.6 is 0 Å². The molecule has 1 aliphatic rings. The maximum atomic E-state index is 12.9. The van der Waals surface area contributed by atoms with E-state index in [0.717, 1.165) is 50.2 Å². The van der Waals surface area contributed by atoms with Crippen molar-refractivity contribution >= 4 is 11.7 Å². The zero-order valence-corrected chi connectivity index (χ0v) is 19.6. The Hall–Kier alpha value is -3.19. The Morgan fingerprint density at radius 2 is 1.79 bits per heavy atom. The van der Waals surface area contributed by atoms with E-state index in [1.807, 2.05) is 42.3 Å². The topological polar surface area (TPSA) is 63.5 Å². The second-order valence-electron chi connectivity index (χ2n) is 8.55. The van der Waals surface area contributed by atoms with Crippen molar-refractivity contribution in [1.29, 1.82) is 0 Å². The van der Waals surface area contributed by atoms with Crippen LogP contribution in [0, 0.1) is 0 Å². The van der Waals surface area contributed by atoms with Gasteiger partial charge in [0.25, 0.3) is 0 Å². The summed E-state index contributed by atoms with van der Waals surface area (Å²) in [5.74, 6) is 1.58. The molecule has 1 fully saturated rings. The number of rotatable bonds is 9. The van der Waals surface area contributed by atoms with Gasteiger partial charge >= 0.3 is 0 Å². The first-order chi connectivity index (χ1) is 16.2. The van der Waals surface area contributed by atoms with E-state index in [-0.39, 0.29) is 11.9 Å². The van der Waals surface area contributed by atoms with E-state index < -0.39 is 0 Å². The van der Waals surface area contributed by atoms with E-state index in [2.05, 4.69) is 45.5 Å². The maximum Gasteiger partial charge on any atom is 0.228 e. The fraction of sp³-hybridized carbons (Fsp3) is 0.423. The third-order valence-corrected chi connectivity index (χ3v) is 6.33. The number of ether oxygens (including phenoxy) is 1. The van der Waals surface area contributed by atoms with Gasteiger partial charge < -0.3 is 9.64 Å². The number of carbonyl (C=O) groups is 1. The van der Waals surface area contributed by atoms with E-state index in [1.54, 1.807) is 11.8 Å². The number of nitrogens with zero attached hydrogens (tertiary/aromatic N) is 5. The number of aromatic nitrogens is 3. The number of carbonyl (C=O) groups excluding carboxylic acids is 1. The first-order valence-electron chi connectivity index (χ1n) is 11.8. The molecule has 33 heavy (non-hydrogen) atoms. The van der Waals surface area contributed by atoms with Gasteiger partial charge in [0.1, 0.15) is 5.75 Å². The van der Waals surface area contributed by atoms with Gasteiger partial charge in [0.15, 0.2) is 5.82 Å². The van der Waals surface area contributed by atoms with Crippen LogP contribution in [0.25, 0.3) is 0 Å². The van der Waals surface area contributed by atoms with Gasteiger partial charge in [-0.3, -0.25) is 9.69 Å². The highest BCUT2D eigenvalue weighted by atomic mass is 16.5. The minimum Gasteiger partial charge on any atom is -0.497 e. The highest BCUT2D eigenvalue weighted by Gasteiger charge is 2.30. The number of amides is 1. The Balaban J connectivity index is 1.37. The van der Waals surface area contributed by atoms with Crippen molar-refractivity contribution in [2.45, 2.75) is 45.2 Å². The quantitative estimate of drug-likeness (QED) is 0.499. The number of hydrogen-bond donors (Lipinski definition) is 0. The van der Waals surface area contributed by atoms with Gasteiger partial charge in [-0.05, 0) is 42.5 Å². The van der Waals surface area contributed by atoms with Crippen molar-refractivity contribution in [1.82, 2.24) is 19.9 Å². The fourth-order valence-corrected chi connectivity index (χ4v) is 4.42. The molecule has 0 spiro atoms. The van der Waals surface area contributed by atoms with Crippen LogP contribution in [0.1, 0.15) is 37.3 Å². The monoisotopic (exact) mass is 447 g/mol. The Labute approximate surface area is 196 Å². The normalized spacial score (nSPS) is 14.8. The summed E-state index contributed by atoms with van der Waals surface area (Å²) in [5, 5.41) is 8.66. The van der Waals surface area contributed by atoms with Gasteiger partial charge in [-0.1, -0.05) is 54.6 Å². The number of likely N-dealkylation sites (tertiary alicyclic amines) is 1. The van der Waals surface area contributed by atoms with Crippen LogP contribution < -0.4 is 9.64 Å². The standard InChI is InChI=1S/C26H33N5O2/c1-3-26(32)31(23-14-17-29(18-15-23)16-13-21-7-5-4-6-8-21)25-20-30(28-27-25)19-22-9-11-24(33-2)12-10-22/h4-12,20,23H,3,13-19H2,1-2H3. The Morgan fingerprint density at radius 3 is 2.45 bits per heavy atom. The van der Waals surface area contributed by atoms with E-state index in [9.17, 15) is 4.79 Å². The highest BCUT2D eigenvalue weighted by molar-refractivity contribution is 5.92. The van der Waals surface area contributed by atoms with E-state index in [1.165, 1.54) is 5.56 Å². The van der Waals surface area contributed by atoms with Crippen molar-refractivity contribution in [3.63, 3.8) is 0 Å². The second kappa shape index (κ2) is 11.1. The van der Waals surface area contributed by atoms with Crippen LogP contribution in [0.15, 0.2) is 60.8 Å². The molecule has 1 amide bonds. The summed E-state index contributed by atoms with van der Waals surface area (Å²) in [6.45, 7) is 5.54. The molecule has 7 heteroatoms. The molecule has 1 aromatic heterocycles. The number of benzene rings is 2. The van der Waals surface area contributed by atoms with Gasteiger partial charge in [-0.2, -0.15) is 0 Å². The summed E-state index contributed by atoms with van der Waals surface area (Å²) in [5.41, 5.74) is 2.48. The number of piperidine rings is 1. The zero-order valence-electron chi connectivity index (χ0n) is 19.6. The number of hydrogen-bond acceptors (Lipinski definition) is 5. The van der Waals surface area contributed by atoms with Crippen LogP contribution in [0.2, 0.25) is 0 Å². The van der Waals surface area contributed by atoms with Crippen LogP contribution in [0.3, 0.4) is 0 Å². The Morgan fingerprint density at radius 1 is 1.06 bits per heavy atom. The van der Waals surface area contributed by atoms with Gasteiger partial charge in [-0.15, -0.1) is 5.10 Å². The molecule has 4 rings (SSSR count). The van der Waals surface area contributed by atoms with Gasteiger partial charge in [0.2, 0.25) is 5.91 Å². The van der Waals surface area contributed by atoms with Crippen LogP contribution in [-0.4, -0.2) is 58.6 Å². The van der Waals surface area contributed by atoms with Crippen molar-refractivity contribution < 1.29 is 9.53 Å². The molecule has 2 heterocycles. The van der Waals surface area contributed by atoms with E-state index in [4.69, 9.17) is 4.74 Å². The molecule has 3 aromatic rings. The maximum absolute atomic E-state index is 12.9. The van der Waals surface area contributed by atoms with Crippen molar-refractivity contribution in [2.75, 3.05) is 31.6 Å². The summed E-state index contributed by atoms with van der Waals surface area (Å²) < 4.78 is 7.02. The molecule has 1 saturated heterocycles. The molecular formula is C26H33N5O2. The van der Waals surface area contributed by atoms with Crippen molar-refractivity contribution in [3.05, 3.63) is 71.9 Å². The number of anilines is 1. The Kier molecular flexibility index (Phi) is 7.73. The average Bonchev–Trinajstić information content (AvgIpc) is 3.32. The predicted octanol–water partition coefficient (Wildman–Crippen LogP) is 3.79. The predicted molar refractivity (Wildman–Crippen MR) is 130 cm³/mol. The minimum absolute atomic E-state index is 0.106. The first-order valence-corrected chi connectivity index (χ1v) is 11.8. The zero-order chi connectivity index (χ0) is 23.0. The summed E-state index contributed by atoms with van der Waals surface area (Å²) >= 11 is 0. The van der Waals surface area contributed by atoms with Crippen LogP contribution in [0.5, 0.6) is 5.75 Å². The van der Waals surface area contributed by atoms with Gasteiger partial charge in [0.05, 0.1) is 19.9 Å². The molecular weight excluding hydrogens is 414 g/mol. The van der Waals surface area contributed by atoms with Gasteiger partial charge in [0, 0.05) is 32.1 Å². The fourth-order valence-electron chi connectivity index (χ4n) is 4.42. The first kappa shape index (κ1) is 23.0. The van der Waals surface area contributed by atoms with Crippen LogP contribution in [-0.2, 0) is 17.8 Å². The summed E-state index contributed by atoms with van der Waals surface area (Å²) in [6.07, 6.45) is 5.31. The molecule has 1 aliphatic heterocycles. The third-order valence-electron chi connectivity index (χ3n) is 6.33. The average molecular weight is 448 g/mol. The lowest BCUT2D eigenvalue weighted by Crippen LogP contribution is -2.48. The largest absolute Gasteiger partial charge is 0.497 e. The van der Waals surface area contributed by atoms with Gasteiger partial charge in [-0.25, -0.2) is 4.68 Å². The molecule has 7 nitrogen and oxygen atoms in total. The molecule has 0 unspecified atom stereocenters. The molecule has 0 aliphatic carbocycles. The van der Waals surface area contributed by atoms with Crippen molar-refractivity contribution in [2.24, 2.45) is 0 Å². The molecule has 0 saturated carbocycles. The molecule has 0 bridgehead atoms. The summed E-state index contributed by atoms with van der Waals surface area (Å²) in [4.78, 5) is 17.2. The van der Waals surface area contributed by atoms with Crippen molar-refractivity contribution in [3.8, 4) is 5.75 Å². The third kappa shape index (κ3) is 5.99. The molecule has 0 atom stereocenters. The Bertz CT molecular complexity index is 1010. The highest BCUT2D eigenvalue weighted by Crippen LogP contribution is 2.23. The molecule has 0 N–H and O–H groups in total. The lowest BCUT2D eigenvalue weighted by molar-refractivity contribution is -0.119. The van der Waals surface area contributed by atoms with Crippen LogP contribution in [0.4, 0.5) is 5.82 Å². The van der Waals surface area contributed by atoms with E-state index >= 15 is 0 Å².